The van der Waals surface area contributed by atoms with E-state index in [1.54, 1.807) is 12.1 Å². The van der Waals surface area contributed by atoms with Crippen LogP contribution in [0.1, 0.15) is 5.76 Å². The molecule has 0 saturated carbocycles. The van der Waals surface area contributed by atoms with Crippen LogP contribution in [0.15, 0.2) is 41.0 Å². The highest BCUT2D eigenvalue weighted by molar-refractivity contribution is 6.32. The van der Waals surface area contributed by atoms with Crippen LogP contribution in [0.5, 0.6) is 5.75 Å². The van der Waals surface area contributed by atoms with Gasteiger partial charge in [-0.2, -0.15) is 0 Å². The monoisotopic (exact) mass is 326 g/mol. The summed E-state index contributed by atoms with van der Waals surface area (Å²) in [5.41, 5.74) is 0. The summed E-state index contributed by atoms with van der Waals surface area (Å²) >= 11 is 5.74. The molecule has 0 radical (unpaired) electrons. The van der Waals surface area contributed by atoms with Gasteiger partial charge in [0.2, 0.25) is 0 Å². The summed E-state index contributed by atoms with van der Waals surface area (Å²) in [4.78, 5) is 23.0. The van der Waals surface area contributed by atoms with Gasteiger partial charge in [0.15, 0.2) is 6.61 Å². The molecule has 6 nitrogen and oxygen atoms in total. The molecule has 0 saturated heterocycles. The summed E-state index contributed by atoms with van der Waals surface area (Å²) in [6.45, 7) is -0.281. The molecule has 0 fully saturated rings. The van der Waals surface area contributed by atoms with E-state index < -0.39 is 24.4 Å². The van der Waals surface area contributed by atoms with Gasteiger partial charge in [-0.1, -0.05) is 11.6 Å². The number of benzene rings is 1. The number of rotatable bonds is 5. The zero-order chi connectivity index (χ0) is 15.9. The summed E-state index contributed by atoms with van der Waals surface area (Å²) in [6, 6.07) is 6.18. The average Bonchev–Trinajstić information content (AvgIpc) is 2.97. The first-order valence-corrected chi connectivity index (χ1v) is 6.60. The molecule has 0 unspecified atom stereocenters. The van der Waals surface area contributed by atoms with E-state index in [0.717, 1.165) is 12.1 Å². The Hall–Kier alpha value is -2.54. The maximum atomic E-state index is 12.8. The van der Waals surface area contributed by atoms with Crippen molar-refractivity contribution >= 4 is 23.5 Å². The standard InChI is InChI=1S/C14H12ClFN2O4/c15-11-6-9(16)3-4-12(11)22-8-13(19)18-14(20)17-7-10-2-1-5-21-10/h1-6H,7-8H2,(H2,17,18,19,20). The zero-order valence-electron chi connectivity index (χ0n) is 11.3. The summed E-state index contributed by atoms with van der Waals surface area (Å²) < 4.78 is 23.0. The number of amides is 3. The molecule has 0 atom stereocenters. The molecule has 0 spiro atoms. The second-order valence-electron chi connectivity index (χ2n) is 4.17. The number of carbonyl (C=O) groups excluding carboxylic acids is 2. The lowest BCUT2D eigenvalue weighted by Gasteiger charge is -2.08. The minimum atomic E-state index is -0.685. The number of halogens is 2. The maximum Gasteiger partial charge on any atom is 0.321 e. The molecule has 2 N–H and O–H groups in total. The molecular formula is C14H12ClFN2O4. The van der Waals surface area contributed by atoms with Gasteiger partial charge in [0.05, 0.1) is 17.8 Å². The Morgan fingerprint density at radius 3 is 2.82 bits per heavy atom. The number of ether oxygens (including phenoxy) is 1. The Morgan fingerprint density at radius 2 is 2.14 bits per heavy atom. The number of imide groups is 1. The van der Waals surface area contributed by atoms with Crippen LogP contribution in [-0.2, 0) is 11.3 Å². The van der Waals surface area contributed by atoms with Crippen molar-refractivity contribution in [3.8, 4) is 5.75 Å². The predicted octanol–water partition coefficient (Wildman–Crippen LogP) is 2.48. The van der Waals surface area contributed by atoms with Crippen LogP contribution in [0.2, 0.25) is 5.02 Å². The van der Waals surface area contributed by atoms with E-state index in [9.17, 15) is 14.0 Å². The van der Waals surface area contributed by atoms with E-state index >= 15 is 0 Å². The van der Waals surface area contributed by atoms with Crippen molar-refractivity contribution in [1.29, 1.82) is 0 Å². The van der Waals surface area contributed by atoms with E-state index in [4.69, 9.17) is 20.8 Å². The fraction of sp³-hybridized carbons (Fsp3) is 0.143. The van der Waals surface area contributed by atoms with Crippen LogP contribution in [0, 0.1) is 5.82 Å². The summed E-state index contributed by atoms with van der Waals surface area (Å²) in [5, 5.41) is 4.54. The van der Waals surface area contributed by atoms with Crippen molar-refractivity contribution in [2.24, 2.45) is 0 Å². The third-order valence-corrected chi connectivity index (χ3v) is 2.80. The van der Waals surface area contributed by atoms with Gasteiger partial charge in [-0.3, -0.25) is 10.1 Å². The molecule has 116 valence electrons. The molecule has 0 aliphatic heterocycles. The summed E-state index contributed by atoms with van der Waals surface area (Å²) in [6.07, 6.45) is 1.47. The molecule has 3 amide bonds. The molecule has 1 aromatic heterocycles. The van der Waals surface area contributed by atoms with Crippen molar-refractivity contribution in [3.05, 3.63) is 53.2 Å². The normalized spacial score (nSPS) is 10.1. The Morgan fingerprint density at radius 1 is 1.32 bits per heavy atom. The lowest BCUT2D eigenvalue weighted by molar-refractivity contribution is -0.122. The topological polar surface area (TPSA) is 80.6 Å². The maximum absolute atomic E-state index is 12.8. The summed E-state index contributed by atoms with van der Waals surface area (Å²) in [7, 11) is 0. The number of nitrogens with one attached hydrogen (secondary N) is 2. The second kappa shape index (κ2) is 7.46. The zero-order valence-corrected chi connectivity index (χ0v) is 12.0. The molecule has 2 rings (SSSR count). The summed E-state index contributed by atoms with van der Waals surface area (Å²) in [5.74, 6) is -0.484. The lowest BCUT2D eigenvalue weighted by atomic mass is 10.3. The van der Waals surface area contributed by atoms with Crippen LogP contribution in [0.3, 0.4) is 0 Å². The third kappa shape index (κ3) is 4.78. The molecule has 0 bridgehead atoms. The van der Waals surface area contributed by atoms with Crippen molar-refractivity contribution in [1.82, 2.24) is 10.6 Å². The van der Waals surface area contributed by atoms with Gasteiger partial charge in [-0.05, 0) is 30.3 Å². The first-order chi connectivity index (χ1) is 10.5. The number of furan rings is 1. The van der Waals surface area contributed by atoms with Crippen molar-refractivity contribution in [3.63, 3.8) is 0 Å². The minimum absolute atomic E-state index is 0.0371. The van der Waals surface area contributed by atoms with E-state index in [1.807, 2.05) is 0 Å². The molecular weight excluding hydrogens is 315 g/mol. The third-order valence-electron chi connectivity index (χ3n) is 2.51. The molecule has 8 heteroatoms. The van der Waals surface area contributed by atoms with Gasteiger partial charge in [-0.15, -0.1) is 0 Å². The predicted molar refractivity (Wildman–Crippen MR) is 76.0 cm³/mol. The van der Waals surface area contributed by atoms with Crippen LogP contribution < -0.4 is 15.4 Å². The molecule has 2 aromatic rings. The van der Waals surface area contributed by atoms with Crippen molar-refractivity contribution in [2.45, 2.75) is 6.54 Å². The quantitative estimate of drug-likeness (QED) is 0.884. The van der Waals surface area contributed by atoms with Gasteiger partial charge < -0.3 is 14.5 Å². The van der Waals surface area contributed by atoms with Gasteiger partial charge >= 0.3 is 6.03 Å². The van der Waals surface area contributed by atoms with Gasteiger partial charge in [0.1, 0.15) is 17.3 Å². The Labute approximate surface area is 130 Å². The van der Waals surface area contributed by atoms with E-state index in [-0.39, 0.29) is 17.3 Å². The molecule has 0 aliphatic carbocycles. The van der Waals surface area contributed by atoms with Crippen LogP contribution in [0.4, 0.5) is 9.18 Å². The van der Waals surface area contributed by atoms with Crippen molar-refractivity contribution in [2.75, 3.05) is 6.61 Å². The van der Waals surface area contributed by atoms with Gasteiger partial charge in [0.25, 0.3) is 5.91 Å². The SMILES string of the molecule is O=C(COc1ccc(F)cc1Cl)NC(=O)NCc1ccco1. The number of carbonyl (C=O) groups is 2. The highest BCUT2D eigenvalue weighted by Crippen LogP contribution is 2.24. The number of urea groups is 1. The first-order valence-electron chi connectivity index (χ1n) is 6.22. The Kier molecular flexibility index (Phi) is 5.37. The molecule has 1 heterocycles. The largest absolute Gasteiger partial charge is 0.482 e. The van der Waals surface area contributed by atoms with E-state index in [1.165, 1.54) is 12.3 Å². The first kappa shape index (κ1) is 15.8. The van der Waals surface area contributed by atoms with E-state index in [2.05, 4.69) is 10.6 Å². The molecule has 1 aromatic carbocycles. The number of hydrogen-bond donors (Lipinski definition) is 2. The molecule has 22 heavy (non-hydrogen) atoms. The average molecular weight is 327 g/mol. The number of hydrogen-bond acceptors (Lipinski definition) is 4. The van der Waals surface area contributed by atoms with Crippen LogP contribution >= 0.6 is 11.6 Å². The van der Waals surface area contributed by atoms with Crippen LogP contribution in [0.25, 0.3) is 0 Å². The van der Waals surface area contributed by atoms with Gasteiger partial charge in [0, 0.05) is 0 Å². The minimum Gasteiger partial charge on any atom is -0.482 e. The smallest absolute Gasteiger partial charge is 0.321 e. The molecule has 0 aliphatic rings. The van der Waals surface area contributed by atoms with Crippen molar-refractivity contribution < 1.29 is 23.1 Å². The van der Waals surface area contributed by atoms with E-state index in [0.29, 0.717) is 5.76 Å². The fourth-order valence-electron chi connectivity index (χ4n) is 1.52. The Balaban J connectivity index is 1.74. The van der Waals surface area contributed by atoms with Gasteiger partial charge in [-0.25, -0.2) is 9.18 Å². The lowest BCUT2D eigenvalue weighted by Crippen LogP contribution is -2.41. The Bertz CT molecular complexity index is 661. The highest BCUT2D eigenvalue weighted by Gasteiger charge is 2.10. The second-order valence-corrected chi connectivity index (χ2v) is 4.58. The highest BCUT2D eigenvalue weighted by atomic mass is 35.5. The van der Waals surface area contributed by atoms with Crippen LogP contribution in [-0.4, -0.2) is 18.5 Å². The fourth-order valence-corrected chi connectivity index (χ4v) is 1.74.